The highest BCUT2D eigenvalue weighted by Gasteiger charge is 2.20. The summed E-state index contributed by atoms with van der Waals surface area (Å²) in [6.07, 6.45) is 2.52. The van der Waals surface area contributed by atoms with Crippen LogP contribution in [-0.2, 0) is 9.53 Å². The van der Waals surface area contributed by atoms with Crippen molar-refractivity contribution < 1.29 is 14.3 Å². The number of hydrogen-bond acceptors (Lipinski definition) is 4. The number of rotatable bonds is 6. The van der Waals surface area contributed by atoms with Gasteiger partial charge in [0.2, 0.25) is 0 Å². The Labute approximate surface area is 101 Å². The maximum atomic E-state index is 11.4. The number of hydrogen-bond donors (Lipinski definition) is 2. The van der Waals surface area contributed by atoms with E-state index in [2.05, 4.69) is 15.4 Å². The van der Waals surface area contributed by atoms with E-state index in [1.54, 1.807) is 11.8 Å². The number of ether oxygens (including phenoxy) is 1. The fraction of sp³-hybridized carbons (Fsp3) is 0.800. The minimum atomic E-state index is -0.573. The number of thioether (sulfide) groups is 1. The van der Waals surface area contributed by atoms with Crippen LogP contribution in [0, 0.1) is 0 Å². The number of urea groups is 1. The average Bonchev–Trinajstić information content (AvgIpc) is 2.21. The Morgan fingerprint density at radius 3 is 2.38 bits per heavy atom. The van der Waals surface area contributed by atoms with Crippen LogP contribution >= 0.6 is 11.8 Å². The van der Waals surface area contributed by atoms with Gasteiger partial charge >= 0.3 is 12.0 Å². The van der Waals surface area contributed by atoms with Gasteiger partial charge in [0.05, 0.1) is 7.11 Å². The van der Waals surface area contributed by atoms with Crippen LogP contribution in [0.3, 0.4) is 0 Å². The second kappa shape index (κ2) is 8.27. The smallest absolute Gasteiger partial charge is 0.328 e. The zero-order chi connectivity index (χ0) is 12.6. The molecule has 0 saturated heterocycles. The lowest BCUT2D eigenvalue weighted by atomic mass is 10.2. The number of methoxy groups -OCH3 is 1. The Bertz CT molecular complexity index is 234. The molecular formula is C10H20N2O3S. The van der Waals surface area contributed by atoms with Crippen LogP contribution in [0.5, 0.6) is 0 Å². The van der Waals surface area contributed by atoms with Gasteiger partial charge in [0.15, 0.2) is 0 Å². The lowest BCUT2D eigenvalue weighted by molar-refractivity contribution is -0.142. The fourth-order valence-corrected chi connectivity index (χ4v) is 1.56. The summed E-state index contributed by atoms with van der Waals surface area (Å²) in [5.41, 5.74) is 0. The second-order valence-electron chi connectivity index (χ2n) is 3.63. The largest absolute Gasteiger partial charge is 0.467 e. The molecule has 0 radical (unpaired) electrons. The Morgan fingerprint density at radius 1 is 1.31 bits per heavy atom. The first-order valence-electron chi connectivity index (χ1n) is 5.15. The van der Waals surface area contributed by atoms with Gasteiger partial charge in [-0.15, -0.1) is 0 Å². The molecule has 0 aromatic heterocycles. The van der Waals surface area contributed by atoms with Crippen LogP contribution in [0.2, 0.25) is 0 Å². The van der Waals surface area contributed by atoms with E-state index in [4.69, 9.17) is 0 Å². The third-order valence-electron chi connectivity index (χ3n) is 1.82. The van der Waals surface area contributed by atoms with E-state index in [-0.39, 0.29) is 12.1 Å². The van der Waals surface area contributed by atoms with Crippen molar-refractivity contribution in [3.05, 3.63) is 0 Å². The van der Waals surface area contributed by atoms with E-state index >= 15 is 0 Å². The lowest BCUT2D eigenvalue weighted by Crippen LogP contribution is -2.48. The molecular weight excluding hydrogens is 228 g/mol. The summed E-state index contributed by atoms with van der Waals surface area (Å²) in [5, 5.41) is 5.26. The Balaban J connectivity index is 4.19. The molecule has 0 rings (SSSR count). The van der Waals surface area contributed by atoms with Crippen molar-refractivity contribution in [3.8, 4) is 0 Å². The first-order valence-corrected chi connectivity index (χ1v) is 6.54. The first-order chi connectivity index (χ1) is 7.51. The van der Waals surface area contributed by atoms with E-state index in [1.165, 1.54) is 7.11 Å². The molecule has 0 bridgehead atoms. The number of carbonyl (C=O) groups excluding carboxylic acids is 2. The van der Waals surface area contributed by atoms with Crippen molar-refractivity contribution in [2.24, 2.45) is 0 Å². The summed E-state index contributed by atoms with van der Waals surface area (Å²) in [6.45, 7) is 3.71. The second-order valence-corrected chi connectivity index (χ2v) is 4.62. The first kappa shape index (κ1) is 15.1. The van der Waals surface area contributed by atoms with Crippen LogP contribution in [0.4, 0.5) is 4.79 Å². The quantitative estimate of drug-likeness (QED) is 0.688. The molecule has 1 atom stereocenters. The number of carbonyl (C=O) groups is 2. The van der Waals surface area contributed by atoms with E-state index in [0.717, 1.165) is 5.75 Å². The van der Waals surface area contributed by atoms with Gasteiger partial charge in [-0.25, -0.2) is 9.59 Å². The summed E-state index contributed by atoms with van der Waals surface area (Å²) < 4.78 is 4.62. The number of esters is 1. The van der Waals surface area contributed by atoms with Crippen molar-refractivity contribution >= 4 is 23.8 Å². The highest BCUT2D eigenvalue weighted by atomic mass is 32.2. The molecule has 0 fully saturated rings. The summed E-state index contributed by atoms with van der Waals surface area (Å²) in [7, 11) is 1.32. The lowest BCUT2D eigenvalue weighted by Gasteiger charge is -2.17. The normalized spacial score (nSPS) is 12.1. The van der Waals surface area contributed by atoms with Crippen LogP contribution in [0.15, 0.2) is 0 Å². The third-order valence-corrected chi connectivity index (χ3v) is 2.47. The van der Waals surface area contributed by atoms with Crippen molar-refractivity contribution in [3.63, 3.8) is 0 Å². The number of nitrogens with one attached hydrogen (secondary N) is 2. The van der Waals surface area contributed by atoms with Gasteiger partial charge in [-0.1, -0.05) is 0 Å². The summed E-state index contributed by atoms with van der Waals surface area (Å²) >= 11 is 1.62. The minimum absolute atomic E-state index is 0.0406. The Morgan fingerprint density at radius 2 is 1.94 bits per heavy atom. The zero-order valence-electron chi connectivity index (χ0n) is 10.2. The molecule has 0 aliphatic rings. The van der Waals surface area contributed by atoms with E-state index in [0.29, 0.717) is 6.42 Å². The van der Waals surface area contributed by atoms with Crippen LogP contribution < -0.4 is 10.6 Å². The highest BCUT2D eigenvalue weighted by molar-refractivity contribution is 7.98. The molecule has 0 aliphatic carbocycles. The van der Waals surface area contributed by atoms with Crippen molar-refractivity contribution in [2.45, 2.75) is 32.4 Å². The van der Waals surface area contributed by atoms with Crippen LogP contribution in [0.1, 0.15) is 20.3 Å². The summed E-state index contributed by atoms with van der Waals surface area (Å²) in [6, 6.07) is -0.874. The van der Waals surface area contributed by atoms with E-state index < -0.39 is 12.0 Å². The molecule has 1 unspecified atom stereocenters. The molecule has 0 saturated carbocycles. The topological polar surface area (TPSA) is 67.4 Å². The maximum absolute atomic E-state index is 11.4. The van der Waals surface area contributed by atoms with Crippen LogP contribution in [0.25, 0.3) is 0 Å². The fourth-order valence-electron chi connectivity index (χ4n) is 1.09. The molecule has 0 heterocycles. The molecule has 0 aliphatic heterocycles. The molecule has 5 nitrogen and oxygen atoms in total. The molecule has 0 aromatic carbocycles. The van der Waals surface area contributed by atoms with Crippen molar-refractivity contribution in [1.29, 1.82) is 0 Å². The Kier molecular flexibility index (Phi) is 7.80. The zero-order valence-corrected chi connectivity index (χ0v) is 11.0. The van der Waals surface area contributed by atoms with Gasteiger partial charge in [0, 0.05) is 6.04 Å². The molecule has 0 spiro atoms. The van der Waals surface area contributed by atoms with Crippen molar-refractivity contribution in [1.82, 2.24) is 10.6 Å². The van der Waals surface area contributed by atoms with Gasteiger partial charge in [-0.2, -0.15) is 11.8 Å². The molecule has 6 heteroatoms. The van der Waals surface area contributed by atoms with Gasteiger partial charge in [-0.05, 0) is 32.3 Å². The molecule has 2 amide bonds. The number of amides is 2. The Hall–Kier alpha value is -0.910. The molecule has 94 valence electrons. The standard InChI is InChI=1S/C10H20N2O3S/c1-7(2)11-10(14)12-8(5-6-16-4)9(13)15-3/h7-8H,5-6H2,1-4H3,(H2,11,12,14). The van der Waals surface area contributed by atoms with Crippen LogP contribution in [-0.4, -0.2) is 43.2 Å². The highest BCUT2D eigenvalue weighted by Crippen LogP contribution is 2.02. The SMILES string of the molecule is COC(=O)C(CCSC)NC(=O)NC(C)C. The predicted molar refractivity (Wildman–Crippen MR) is 65.6 cm³/mol. The van der Waals surface area contributed by atoms with Gasteiger partial charge in [-0.3, -0.25) is 0 Å². The predicted octanol–water partition coefficient (Wildman–Crippen LogP) is 0.989. The van der Waals surface area contributed by atoms with Gasteiger partial charge in [0.1, 0.15) is 6.04 Å². The molecule has 2 N–H and O–H groups in total. The van der Waals surface area contributed by atoms with E-state index in [1.807, 2.05) is 20.1 Å². The van der Waals surface area contributed by atoms with E-state index in [9.17, 15) is 9.59 Å². The summed E-state index contributed by atoms with van der Waals surface area (Å²) in [4.78, 5) is 22.8. The maximum Gasteiger partial charge on any atom is 0.328 e. The third kappa shape index (κ3) is 6.55. The van der Waals surface area contributed by atoms with Crippen molar-refractivity contribution in [2.75, 3.05) is 19.1 Å². The average molecular weight is 248 g/mol. The monoisotopic (exact) mass is 248 g/mol. The molecule has 16 heavy (non-hydrogen) atoms. The van der Waals surface area contributed by atoms with Gasteiger partial charge < -0.3 is 15.4 Å². The van der Waals surface area contributed by atoms with Gasteiger partial charge in [0.25, 0.3) is 0 Å². The minimum Gasteiger partial charge on any atom is -0.467 e. The summed E-state index contributed by atoms with van der Waals surface area (Å²) in [5.74, 6) is 0.384. The molecule has 0 aromatic rings.